The largest absolute Gasteiger partial charge is 0.464 e. The van der Waals surface area contributed by atoms with Gasteiger partial charge in [-0.3, -0.25) is 9.35 Å². The van der Waals surface area contributed by atoms with E-state index in [1.807, 2.05) is 6.07 Å². The van der Waals surface area contributed by atoms with Gasteiger partial charge in [0.2, 0.25) is 0 Å². The van der Waals surface area contributed by atoms with E-state index in [-0.39, 0.29) is 30.3 Å². The number of hydrogen-bond donors (Lipinski definition) is 1. The Morgan fingerprint density at radius 2 is 1.71 bits per heavy atom. The van der Waals surface area contributed by atoms with Gasteiger partial charge in [0.1, 0.15) is 41.5 Å². The van der Waals surface area contributed by atoms with Gasteiger partial charge in [0.05, 0.1) is 11.5 Å². The summed E-state index contributed by atoms with van der Waals surface area (Å²) >= 11 is 0. The molecule has 4 fully saturated rings. The number of rotatable bonds is 9. The van der Waals surface area contributed by atoms with Gasteiger partial charge in [-0.1, -0.05) is 36.2 Å². The van der Waals surface area contributed by atoms with E-state index in [0.29, 0.717) is 24.3 Å². The standard InChI is InChI=1S/C23H33B3O7S/c24-10-14-5-17(11-25)19(12-26)18(6-14)21(27)33-23-7-13-3-15(8-23)20(16(4-13)9-23)22(28)32-1-2-34(29,30)31/h5-6,13,15-16,20H,1-4,7-12,24-26H2,(H,29,30,31). The second-order valence-corrected chi connectivity index (χ2v) is 11.9. The number of hydrogen-bond acceptors (Lipinski definition) is 6. The minimum atomic E-state index is -4.17. The molecule has 1 aromatic rings. The van der Waals surface area contributed by atoms with Gasteiger partial charge in [-0.2, -0.15) is 8.42 Å². The van der Waals surface area contributed by atoms with Crippen molar-refractivity contribution >= 4 is 45.6 Å². The second kappa shape index (κ2) is 9.73. The third kappa shape index (κ3) is 5.10. The predicted molar refractivity (Wildman–Crippen MR) is 136 cm³/mol. The molecule has 0 spiro atoms. The highest BCUT2D eigenvalue weighted by molar-refractivity contribution is 7.85. The lowest BCUT2D eigenvalue weighted by atomic mass is 9.50. The fourth-order valence-electron chi connectivity index (χ4n) is 6.97. The molecular formula is C23H33B3O7S. The number of benzene rings is 1. The van der Waals surface area contributed by atoms with Crippen LogP contribution in [0.5, 0.6) is 0 Å². The Morgan fingerprint density at radius 1 is 1.03 bits per heavy atom. The quantitative estimate of drug-likeness (QED) is 0.295. The van der Waals surface area contributed by atoms with Crippen LogP contribution in [0.25, 0.3) is 0 Å². The molecule has 182 valence electrons. The Balaban J connectivity index is 1.50. The molecule has 2 unspecified atom stereocenters. The molecule has 4 aliphatic rings. The van der Waals surface area contributed by atoms with Crippen molar-refractivity contribution in [3.05, 3.63) is 34.4 Å². The first-order valence-electron chi connectivity index (χ1n) is 12.6. The van der Waals surface area contributed by atoms with Crippen molar-refractivity contribution in [2.24, 2.45) is 23.7 Å². The molecule has 0 heterocycles. The summed E-state index contributed by atoms with van der Waals surface area (Å²) in [6.45, 7) is -0.343. The maximum absolute atomic E-state index is 13.5. The monoisotopic (exact) mass is 486 g/mol. The lowest BCUT2D eigenvalue weighted by Gasteiger charge is -2.58. The lowest BCUT2D eigenvalue weighted by molar-refractivity contribution is -0.182. The predicted octanol–water partition coefficient (Wildman–Crippen LogP) is -0.131. The summed E-state index contributed by atoms with van der Waals surface area (Å²) in [5, 5.41) is 0. The van der Waals surface area contributed by atoms with Crippen molar-refractivity contribution in [1.82, 2.24) is 0 Å². The van der Waals surface area contributed by atoms with Gasteiger partial charge in [-0.15, -0.1) is 0 Å². The van der Waals surface area contributed by atoms with E-state index >= 15 is 0 Å². The molecule has 4 saturated carbocycles. The first-order valence-corrected chi connectivity index (χ1v) is 14.2. The van der Waals surface area contributed by atoms with Crippen LogP contribution < -0.4 is 0 Å². The Bertz CT molecular complexity index is 1060. The lowest BCUT2D eigenvalue weighted by Crippen LogP contribution is -2.58. The van der Waals surface area contributed by atoms with Crippen LogP contribution in [-0.2, 0) is 43.3 Å². The smallest absolute Gasteiger partial charge is 0.338 e. The Morgan fingerprint density at radius 3 is 2.26 bits per heavy atom. The minimum absolute atomic E-state index is 0.0658. The van der Waals surface area contributed by atoms with E-state index in [2.05, 4.69) is 29.6 Å². The van der Waals surface area contributed by atoms with Crippen LogP contribution in [0, 0.1) is 23.7 Å². The van der Waals surface area contributed by atoms with Crippen LogP contribution in [0.1, 0.15) is 59.2 Å². The summed E-state index contributed by atoms with van der Waals surface area (Å²) in [6, 6.07) is 4.18. The molecule has 11 heteroatoms. The van der Waals surface area contributed by atoms with Gasteiger partial charge in [0.25, 0.3) is 10.1 Å². The highest BCUT2D eigenvalue weighted by Gasteiger charge is 2.59. The molecule has 0 radical (unpaired) electrons. The molecule has 34 heavy (non-hydrogen) atoms. The number of ether oxygens (including phenoxy) is 2. The summed E-state index contributed by atoms with van der Waals surface area (Å²) in [7, 11) is 2.09. The van der Waals surface area contributed by atoms with Crippen LogP contribution in [0.3, 0.4) is 0 Å². The Labute approximate surface area is 204 Å². The molecule has 7 nitrogen and oxygen atoms in total. The minimum Gasteiger partial charge on any atom is -0.464 e. The summed E-state index contributed by atoms with van der Waals surface area (Å²) < 4.78 is 42.3. The third-order valence-electron chi connectivity index (χ3n) is 8.15. The van der Waals surface area contributed by atoms with E-state index in [1.54, 1.807) is 0 Å². The molecule has 2 atom stereocenters. The van der Waals surface area contributed by atoms with Crippen LogP contribution in [-0.4, -0.2) is 66.4 Å². The summed E-state index contributed by atoms with van der Waals surface area (Å²) in [5.41, 5.74) is 3.54. The molecule has 5 rings (SSSR count). The molecule has 4 aliphatic carbocycles. The SMILES string of the molecule is BCc1cc(CB)c(CB)c(C(=O)OC23CC4CC(C2)C(C(=O)OCCS(=O)(=O)O)C(C4)C3)c1. The maximum atomic E-state index is 13.5. The van der Waals surface area contributed by atoms with E-state index in [4.69, 9.17) is 14.0 Å². The third-order valence-corrected chi connectivity index (χ3v) is 8.83. The van der Waals surface area contributed by atoms with E-state index < -0.39 is 27.4 Å². The normalized spacial score (nSPS) is 29.7. The zero-order valence-corrected chi connectivity index (χ0v) is 21.2. The van der Waals surface area contributed by atoms with E-state index in [9.17, 15) is 18.0 Å². The van der Waals surface area contributed by atoms with E-state index in [0.717, 1.165) is 49.3 Å². The molecule has 1 aromatic carbocycles. The van der Waals surface area contributed by atoms with Crippen molar-refractivity contribution < 1.29 is 32.0 Å². The highest BCUT2D eigenvalue weighted by atomic mass is 32.2. The van der Waals surface area contributed by atoms with Crippen molar-refractivity contribution in [1.29, 1.82) is 0 Å². The van der Waals surface area contributed by atoms with Crippen molar-refractivity contribution in [3.8, 4) is 0 Å². The van der Waals surface area contributed by atoms with Crippen LogP contribution in [0.4, 0.5) is 0 Å². The molecule has 0 saturated heterocycles. The van der Waals surface area contributed by atoms with E-state index in [1.165, 1.54) is 5.56 Å². The number of esters is 2. The first kappa shape index (κ1) is 25.4. The average Bonchev–Trinajstić information content (AvgIpc) is 2.76. The van der Waals surface area contributed by atoms with Gasteiger partial charge < -0.3 is 9.47 Å². The summed E-state index contributed by atoms with van der Waals surface area (Å²) in [6.07, 6.45) is 6.42. The van der Waals surface area contributed by atoms with Gasteiger partial charge in [0, 0.05) is 0 Å². The highest BCUT2D eigenvalue weighted by Crippen LogP contribution is 2.60. The summed E-state index contributed by atoms with van der Waals surface area (Å²) in [5.74, 6) is -0.989. The van der Waals surface area contributed by atoms with Crippen LogP contribution in [0.15, 0.2) is 12.1 Å². The van der Waals surface area contributed by atoms with Crippen molar-refractivity contribution in [3.63, 3.8) is 0 Å². The number of carbonyl (C=O) groups excluding carboxylic acids is 2. The van der Waals surface area contributed by atoms with Crippen molar-refractivity contribution in [2.75, 3.05) is 12.4 Å². The van der Waals surface area contributed by atoms with Crippen molar-refractivity contribution in [2.45, 2.75) is 56.7 Å². The molecule has 1 N–H and O–H groups in total. The fourth-order valence-corrected chi connectivity index (χ4v) is 7.27. The van der Waals surface area contributed by atoms with Crippen LogP contribution in [0.2, 0.25) is 0 Å². The Kier molecular flexibility index (Phi) is 7.25. The first-order chi connectivity index (χ1) is 16.1. The molecule has 0 aromatic heterocycles. The second-order valence-electron chi connectivity index (χ2n) is 10.4. The fraction of sp³-hybridized carbons (Fsp3) is 0.652. The average molecular weight is 486 g/mol. The van der Waals surface area contributed by atoms with Gasteiger partial charge in [0.15, 0.2) is 0 Å². The Hall–Kier alpha value is -1.74. The maximum Gasteiger partial charge on any atom is 0.338 e. The topological polar surface area (TPSA) is 107 Å². The van der Waals surface area contributed by atoms with Gasteiger partial charge in [-0.05, 0) is 61.5 Å². The zero-order chi connectivity index (χ0) is 24.7. The zero-order valence-electron chi connectivity index (χ0n) is 20.3. The number of carbonyl (C=O) groups is 2. The molecule has 0 aliphatic heterocycles. The molecular weight excluding hydrogens is 453 g/mol. The molecule has 4 bridgehead atoms. The molecule has 0 amide bonds. The van der Waals surface area contributed by atoms with Gasteiger partial charge >= 0.3 is 11.9 Å². The van der Waals surface area contributed by atoms with Gasteiger partial charge in [-0.25, -0.2) is 4.79 Å². The van der Waals surface area contributed by atoms with Crippen LogP contribution >= 0.6 is 0 Å². The summed E-state index contributed by atoms with van der Waals surface area (Å²) in [4.78, 5) is 26.3.